The van der Waals surface area contributed by atoms with Gasteiger partial charge in [0.15, 0.2) is 5.75 Å². The van der Waals surface area contributed by atoms with Crippen LogP contribution in [-0.2, 0) is 4.79 Å². The molecular formula is C23H20Cl2N4O4. The van der Waals surface area contributed by atoms with E-state index in [4.69, 9.17) is 27.9 Å². The number of halogens is 2. The van der Waals surface area contributed by atoms with Crippen molar-refractivity contribution in [3.05, 3.63) is 81.0 Å². The number of benzene rings is 2. The molecule has 0 aliphatic carbocycles. The molecule has 3 aromatic rings. The van der Waals surface area contributed by atoms with Gasteiger partial charge in [-0.15, -0.1) is 0 Å². The highest BCUT2D eigenvalue weighted by Crippen LogP contribution is 2.35. The van der Waals surface area contributed by atoms with Crippen molar-refractivity contribution >= 4 is 46.2 Å². The van der Waals surface area contributed by atoms with Crippen LogP contribution in [0.1, 0.15) is 12.8 Å². The molecule has 2 aromatic carbocycles. The number of carbonyl (C=O) groups excluding carboxylic acids is 1. The maximum absolute atomic E-state index is 12.9. The van der Waals surface area contributed by atoms with Crippen molar-refractivity contribution in [1.82, 2.24) is 4.98 Å². The molecule has 1 amide bonds. The molecule has 1 N–H and O–H groups in total. The fourth-order valence-electron chi connectivity index (χ4n) is 3.74. The van der Waals surface area contributed by atoms with Crippen molar-refractivity contribution in [3.63, 3.8) is 0 Å². The maximum atomic E-state index is 12.9. The number of anilines is 2. The fourth-order valence-corrected chi connectivity index (χ4v) is 4.16. The lowest BCUT2D eigenvalue weighted by Crippen LogP contribution is -2.38. The number of pyridine rings is 1. The first kappa shape index (κ1) is 22.8. The van der Waals surface area contributed by atoms with Crippen molar-refractivity contribution in [2.24, 2.45) is 5.92 Å². The average Bonchev–Trinajstić information content (AvgIpc) is 2.82. The number of nitro groups is 1. The van der Waals surface area contributed by atoms with E-state index in [2.05, 4.69) is 10.3 Å². The van der Waals surface area contributed by atoms with Crippen LogP contribution in [0.5, 0.6) is 11.6 Å². The first-order chi connectivity index (χ1) is 15.9. The average molecular weight is 487 g/mol. The van der Waals surface area contributed by atoms with E-state index < -0.39 is 0 Å². The SMILES string of the molecule is O=C(Nc1ccccc1Oc1ncc(Cl)cc1Cl)C1CCN(c2ccccc2[N+](=O)[O-])CC1. The van der Waals surface area contributed by atoms with Gasteiger partial charge in [0.25, 0.3) is 5.69 Å². The number of para-hydroxylation sites is 4. The molecule has 1 aromatic heterocycles. The lowest BCUT2D eigenvalue weighted by Gasteiger charge is -2.32. The van der Waals surface area contributed by atoms with Gasteiger partial charge in [0, 0.05) is 31.3 Å². The van der Waals surface area contributed by atoms with Gasteiger partial charge in [-0.25, -0.2) is 4.98 Å². The standard InChI is InChI=1S/C23H20Cl2N4O4/c24-16-13-17(25)23(26-14-16)33-21-8-4-1-5-18(21)27-22(30)15-9-11-28(12-10-15)19-6-2-3-7-20(19)29(31)32/h1-8,13-15H,9-12H2,(H,27,30). The third-order valence-electron chi connectivity index (χ3n) is 5.41. The lowest BCUT2D eigenvalue weighted by molar-refractivity contribution is -0.384. The largest absolute Gasteiger partial charge is 0.435 e. The minimum atomic E-state index is -0.382. The molecule has 0 unspecified atom stereocenters. The van der Waals surface area contributed by atoms with Crippen LogP contribution in [0.25, 0.3) is 0 Å². The summed E-state index contributed by atoms with van der Waals surface area (Å²) in [6.45, 7) is 1.09. The number of piperidine rings is 1. The van der Waals surface area contributed by atoms with Crippen molar-refractivity contribution in [2.75, 3.05) is 23.3 Å². The Morgan fingerprint density at radius 1 is 1.12 bits per heavy atom. The van der Waals surface area contributed by atoms with Crippen molar-refractivity contribution in [3.8, 4) is 11.6 Å². The van der Waals surface area contributed by atoms with Gasteiger partial charge in [-0.1, -0.05) is 47.5 Å². The molecular weight excluding hydrogens is 467 g/mol. The maximum Gasteiger partial charge on any atom is 0.292 e. The molecule has 0 radical (unpaired) electrons. The quantitative estimate of drug-likeness (QED) is 0.341. The van der Waals surface area contributed by atoms with Gasteiger partial charge >= 0.3 is 0 Å². The second kappa shape index (κ2) is 10.1. The van der Waals surface area contributed by atoms with Gasteiger partial charge in [-0.2, -0.15) is 0 Å². The molecule has 33 heavy (non-hydrogen) atoms. The zero-order chi connectivity index (χ0) is 23.4. The number of carbonyl (C=O) groups is 1. The molecule has 8 nitrogen and oxygen atoms in total. The number of nitro benzene ring substituents is 1. The van der Waals surface area contributed by atoms with E-state index >= 15 is 0 Å². The second-order valence-corrected chi connectivity index (χ2v) is 8.38. The van der Waals surface area contributed by atoms with Crippen LogP contribution in [0.15, 0.2) is 60.8 Å². The van der Waals surface area contributed by atoms with Crippen LogP contribution < -0.4 is 15.0 Å². The number of nitrogens with zero attached hydrogens (tertiary/aromatic N) is 3. The Hall–Kier alpha value is -3.36. The van der Waals surface area contributed by atoms with Crippen LogP contribution in [0.4, 0.5) is 17.1 Å². The summed E-state index contributed by atoms with van der Waals surface area (Å²) in [5.74, 6) is 0.221. The molecule has 170 valence electrons. The van der Waals surface area contributed by atoms with Gasteiger partial charge in [-0.3, -0.25) is 14.9 Å². The van der Waals surface area contributed by atoms with E-state index in [1.165, 1.54) is 18.3 Å². The molecule has 2 heterocycles. The summed E-state index contributed by atoms with van der Waals surface area (Å²) in [5.41, 5.74) is 1.14. The number of aromatic nitrogens is 1. The molecule has 10 heteroatoms. The number of ether oxygens (including phenoxy) is 1. The number of rotatable bonds is 6. The van der Waals surface area contributed by atoms with E-state index in [-0.39, 0.29) is 33.3 Å². The highest BCUT2D eigenvalue weighted by Gasteiger charge is 2.28. The Balaban J connectivity index is 1.42. The van der Waals surface area contributed by atoms with Gasteiger partial charge in [0.05, 0.1) is 15.6 Å². The summed E-state index contributed by atoms with van der Waals surface area (Å²) < 4.78 is 5.81. The number of hydrogen-bond acceptors (Lipinski definition) is 6. The predicted molar refractivity (Wildman–Crippen MR) is 127 cm³/mol. The van der Waals surface area contributed by atoms with E-state index in [1.54, 1.807) is 42.5 Å². The highest BCUT2D eigenvalue weighted by molar-refractivity contribution is 6.35. The normalized spacial score (nSPS) is 14.1. The first-order valence-electron chi connectivity index (χ1n) is 10.3. The summed E-state index contributed by atoms with van der Waals surface area (Å²) in [7, 11) is 0. The van der Waals surface area contributed by atoms with E-state index in [0.717, 1.165) is 0 Å². The number of hydrogen-bond donors (Lipinski definition) is 1. The Morgan fingerprint density at radius 3 is 2.55 bits per heavy atom. The Kier molecular flexibility index (Phi) is 6.96. The Labute approximate surface area is 200 Å². The molecule has 0 atom stereocenters. The number of nitrogens with one attached hydrogen (secondary N) is 1. The molecule has 0 saturated carbocycles. The van der Waals surface area contributed by atoms with Crippen molar-refractivity contribution in [2.45, 2.75) is 12.8 Å². The van der Waals surface area contributed by atoms with E-state index in [9.17, 15) is 14.9 Å². The highest BCUT2D eigenvalue weighted by atomic mass is 35.5. The smallest absolute Gasteiger partial charge is 0.292 e. The second-order valence-electron chi connectivity index (χ2n) is 7.54. The minimum Gasteiger partial charge on any atom is -0.435 e. The summed E-state index contributed by atoms with van der Waals surface area (Å²) in [6.07, 6.45) is 2.58. The summed E-state index contributed by atoms with van der Waals surface area (Å²) in [5, 5.41) is 14.9. The van der Waals surface area contributed by atoms with Crippen molar-refractivity contribution in [1.29, 1.82) is 0 Å². The zero-order valence-electron chi connectivity index (χ0n) is 17.4. The van der Waals surface area contributed by atoms with E-state index in [0.29, 0.717) is 48.1 Å². The van der Waals surface area contributed by atoms with Crippen LogP contribution in [0.3, 0.4) is 0 Å². The van der Waals surface area contributed by atoms with E-state index in [1.807, 2.05) is 4.90 Å². The van der Waals surface area contributed by atoms with Crippen molar-refractivity contribution < 1.29 is 14.5 Å². The summed E-state index contributed by atoms with van der Waals surface area (Å²) >= 11 is 12.0. The van der Waals surface area contributed by atoms with Gasteiger partial charge in [0.2, 0.25) is 11.8 Å². The Bertz CT molecular complexity index is 1180. The number of amides is 1. The third-order valence-corrected chi connectivity index (χ3v) is 5.89. The zero-order valence-corrected chi connectivity index (χ0v) is 18.9. The van der Waals surface area contributed by atoms with Crippen LogP contribution in [-0.4, -0.2) is 28.9 Å². The van der Waals surface area contributed by atoms with Gasteiger partial charge in [-0.05, 0) is 37.1 Å². The fraction of sp³-hybridized carbons (Fsp3) is 0.217. The van der Waals surface area contributed by atoms with Gasteiger partial charge in [0.1, 0.15) is 10.7 Å². The Morgan fingerprint density at radius 2 is 1.82 bits per heavy atom. The van der Waals surface area contributed by atoms with Crippen LogP contribution >= 0.6 is 23.2 Å². The summed E-state index contributed by atoms with van der Waals surface area (Å²) in [6, 6.07) is 15.2. The monoisotopic (exact) mass is 486 g/mol. The first-order valence-corrected chi connectivity index (χ1v) is 11.0. The lowest BCUT2D eigenvalue weighted by atomic mass is 9.95. The molecule has 0 spiro atoms. The van der Waals surface area contributed by atoms with Gasteiger partial charge < -0.3 is 15.0 Å². The third kappa shape index (κ3) is 5.35. The molecule has 4 rings (SSSR count). The van der Waals surface area contributed by atoms with Crippen LogP contribution in [0.2, 0.25) is 10.0 Å². The minimum absolute atomic E-state index is 0.0703. The summed E-state index contributed by atoms with van der Waals surface area (Å²) in [4.78, 5) is 29.9. The van der Waals surface area contributed by atoms with Crippen LogP contribution in [0, 0.1) is 16.0 Å². The molecule has 1 saturated heterocycles. The predicted octanol–water partition coefficient (Wildman–Crippen LogP) is 5.94. The molecule has 1 aliphatic heterocycles. The molecule has 0 bridgehead atoms. The topological polar surface area (TPSA) is 97.6 Å². The molecule has 1 aliphatic rings. The molecule has 1 fully saturated rings.